The lowest BCUT2D eigenvalue weighted by Crippen LogP contribution is -2.83. The van der Waals surface area contributed by atoms with E-state index in [1.807, 2.05) is 18.3 Å². The normalized spacial score (nSPS) is 12.5. The Morgan fingerprint density at radius 3 is 2.79 bits per heavy atom. The van der Waals surface area contributed by atoms with Gasteiger partial charge in [0.25, 0.3) is 5.56 Å². The lowest BCUT2D eigenvalue weighted by atomic mass is 10.1. The number of halogens is 3. The van der Waals surface area contributed by atoms with Crippen LogP contribution in [0.1, 0.15) is 24.2 Å². The highest BCUT2D eigenvalue weighted by Gasteiger charge is 2.15. The van der Waals surface area contributed by atoms with Crippen molar-refractivity contribution in [1.82, 2.24) is 9.38 Å². The zero-order valence-electron chi connectivity index (χ0n) is 12.8. The van der Waals surface area contributed by atoms with E-state index in [1.54, 1.807) is 12.3 Å². The lowest BCUT2D eigenvalue weighted by Gasteiger charge is -2.12. The van der Waals surface area contributed by atoms with Gasteiger partial charge < -0.3 is 5.32 Å². The number of aromatic nitrogens is 2. The molecule has 0 aliphatic rings. The molecule has 3 rings (SSSR count). The Hall–Kier alpha value is -2.12. The van der Waals surface area contributed by atoms with Crippen LogP contribution < -0.4 is 10.9 Å². The molecule has 0 spiro atoms. The number of hydrogen-bond donors (Lipinski definition) is 1. The van der Waals surface area contributed by atoms with Crippen molar-refractivity contribution in [2.75, 3.05) is 0 Å². The minimum absolute atomic E-state index is 0.176. The Labute approximate surface area is 145 Å². The van der Waals surface area contributed by atoms with Gasteiger partial charge in [-0.15, -0.1) is 0 Å². The smallest absolute Gasteiger partial charge is 0.258 e. The average molecular weight is 395 g/mol. The summed E-state index contributed by atoms with van der Waals surface area (Å²) in [6.45, 7) is 2.24. The van der Waals surface area contributed by atoms with Gasteiger partial charge in [-0.1, -0.05) is 0 Å². The molecule has 7 heteroatoms. The number of quaternary nitrogens is 1. The summed E-state index contributed by atoms with van der Waals surface area (Å²) in [6, 6.07) is 8.34. The zero-order valence-corrected chi connectivity index (χ0v) is 14.4. The Bertz CT molecular complexity index is 958. The molecule has 3 aromatic rings. The predicted molar refractivity (Wildman–Crippen MR) is 89.6 cm³/mol. The minimum atomic E-state index is -0.598. The van der Waals surface area contributed by atoms with E-state index in [0.29, 0.717) is 23.4 Å². The SMILES string of the molecule is C[C@H]([NH2+]Cc1cc(=O)n2cc(Br)ccc2n1)c1ccc(F)cc1F. The highest BCUT2D eigenvalue weighted by molar-refractivity contribution is 9.10. The Kier molecular flexibility index (Phi) is 4.73. The average Bonchev–Trinajstić information content (AvgIpc) is 2.53. The molecule has 0 radical (unpaired) electrons. The number of pyridine rings is 1. The van der Waals surface area contributed by atoms with Gasteiger partial charge in [0, 0.05) is 28.4 Å². The van der Waals surface area contributed by atoms with E-state index in [0.717, 1.165) is 10.5 Å². The summed E-state index contributed by atoms with van der Waals surface area (Å²) in [4.78, 5) is 16.6. The first kappa shape index (κ1) is 16.7. The van der Waals surface area contributed by atoms with Crippen molar-refractivity contribution in [3.05, 3.63) is 80.3 Å². The number of benzene rings is 1. The molecule has 1 aromatic carbocycles. The second-order valence-electron chi connectivity index (χ2n) is 5.56. The van der Waals surface area contributed by atoms with Crippen molar-refractivity contribution < 1.29 is 14.1 Å². The summed E-state index contributed by atoms with van der Waals surface area (Å²) in [5.41, 5.74) is 1.40. The van der Waals surface area contributed by atoms with Crippen LogP contribution in [0.25, 0.3) is 5.65 Å². The van der Waals surface area contributed by atoms with Crippen LogP contribution in [0.3, 0.4) is 0 Å². The Morgan fingerprint density at radius 1 is 1.25 bits per heavy atom. The highest BCUT2D eigenvalue weighted by Crippen LogP contribution is 2.15. The van der Waals surface area contributed by atoms with Gasteiger partial charge in [-0.2, -0.15) is 0 Å². The van der Waals surface area contributed by atoms with Crippen LogP contribution in [-0.4, -0.2) is 9.38 Å². The van der Waals surface area contributed by atoms with E-state index in [4.69, 9.17) is 0 Å². The van der Waals surface area contributed by atoms with Crippen LogP contribution in [0.4, 0.5) is 8.78 Å². The summed E-state index contributed by atoms with van der Waals surface area (Å²) >= 11 is 3.32. The first-order valence-corrected chi connectivity index (χ1v) is 8.19. The third-order valence-electron chi connectivity index (χ3n) is 3.81. The van der Waals surface area contributed by atoms with E-state index >= 15 is 0 Å². The second kappa shape index (κ2) is 6.78. The van der Waals surface area contributed by atoms with E-state index in [2.05, 4.69) is 20.9 Å². The number of nitrogens with zero attached hydrogens (tertiary/aromatic N) is 2. The molecule has 1 atom stereocenters. The van der Waals surface area contributed by atoms with Gasteiger partial charge in [0.05, 0.1) is 0 Å². The van der Waals surface area contributed by atoms with Crippen LogP contribution in [0.5, 0.6) is 0 Å². The molecular weight excluding hydrogens is 380 g/mol. The highest BCUT2D eigenvalue weighted by atomic mass is 79.9. The lowest BCUT2D eigenvalue weighted by molar-refractivity contribution is -0.708. The van der Waals surface area contributed by atoms with Crippen molar-refractivity contribution in [3.63, 3.8) is 0 Å². The van der Waals surface area contributed by atoms with Crippen LogP contribution in [0.2, 0.25) is 0 Å². The van der Waals surface area contributed by atoms with Crippen molar-refractivity contribution in [2.24, 2.45) is 0 Å². The topological polar surface area (TPSA) is 51.0 Å². The standard InChI is InChI=1S/C17H14BrF2N3O/c1-10(14-4-3-12(19)6-15(14)20)21-8-13-7-17(24)23-9-11(18)2-5-16(23)22-13/h2-7,9-10,21H,8H2,1H3/p+1/t10-/m0/s1. The molecule has 0 fully saturated rings. The molecular formula is C17H15BrF2N3O+. The quantitative estimate of drug-likeness (QED) is 0.739. The Balaban J connectivity index is 1.80. The number of fused-ring (bicyclic) bond motifs is 1. The minimum Gasteiger partial charge on any atom is -0.335 e. The predicted octanol–water partition coefficient (Wildman–Crippen LogP) is 2.56. The molecule has 0 saturated heterocycles. The van der Waals surface area contributed by atoms with E-state index in [-0.39, 0.29) is 11.6 Å². The van der Waals surface area contributed by atoms with E-state index in [9.17, 15) is 13.6 Å². The fourth-order valence-corrected chi connectivity index (χ4v) is 2.86. The van der Waals surface area contributed by atoms with Gasteiger partial charge in [0.2, 0.25) is 0 Å². The van der Waals surface area contributed by atoms with Gasteiger partial charge >= 0.3 is 0 Å². The molecule has 2 heterocycles. The monoisotopic (exact) mass is 394 g/mol. The summed E-state index contributed by atoms with van der Waals surface area (Å²) in [7, 11) is 0. The fourth-order valence-electron chi connectivity index (χ4n) is 2.53. The summed E-state index contributed by atoms with van der Waals surface area (Å²) in [6.07, 6.45) is 1.66. The van der Waals surface area contributed by atoms with Crippen molar-refractivity contribution >= 4 is 21.6 Å². The molecule has 0 unspecified atom stereocenters. The zero-order chi connectivity index (χ0) is 17.3. The molecule has 0 aliphatic carbocycles. The van der Waals surface area contributed by atoms with Crippen LogP contribution >= 0.6 is 15.9 Å². The van der Waals surface area contributed by atoms with Crippen molar-refractivity contribution in [3.8, 4) is 0 Å². The molecule has 2 aromatic heterocycles. The maximum Gasteiger partial charge on any atom is 0.258 e. The van der Waals surface area contributed by atoms with E-state index in [1.165, 1.54) is 22.6 Å². The first-order valence-electron chi connectivity index (χ1n) is 7.40. The molecule has 4 nitrogen and oxygen atoms in total. The molecule has 0 saturated carbocycles. The molecule has 0 amide bonds. The van der Waals surface area contributed by atoms with E-state index < -0.39 is 11.6 Å². The van der Waals surface area contributed by atoms with Crippen LogP contribution in [0.15, 0.2) is 51.9 Å². The molecule has 24 heavy (non-hydrogen) atoms. The number of rotatable bonds is 4. The summed E-state index contributed by atoms with van der Waals surface area (Å²) in [5, 5.41) is 1.85. The molecule has 124 valence electrons. The summed E-state index contributed by atoms with van der Waals surface area (Å²) in [5.74, 6) is -1.17. The van der Waals surface area contributed by atoms with Gasteiger partial charge in [0.1, 0.15) is 35.6 Å². The fraction of sp³-hybridized carbons (Fsp3) is 0.176. The Morgan fingerprint density at radius 2 is 2.04 bits per heavy atom. The summed E-state index contributed by atoms with van der Waals surface area (Å²) < 4.78 is 29.0. The first-order chi connectivity index (χ1) is 11.4. The molecule has 0 aliphatic heterocycles. The van der Waals surface area contributed by atoms with Crippen molar-refractivity contribution in [2.45, 2.75) is 19.5 Å². The molecule has 2 N–H and O–H groups in total. The third-order valence-corrected chi connectivity index (χ3v) is 4.28. The third kappa shape index (κ3) is 3.52. The van der Waals surface area contributed by atoms with Gasteiger partial charge in [-0.05, 0) is 47.1 Å². The van der Waals surface area contributed by atoms with Gasteiger partial charge in [0.15, 0.2) is 0 Å². The largest absolute Gasteiger partial charge is 0.335 e. The number of nitrogens with two attached hydrogens (primary N) is 1. The van der Waals surface area contributed by atoms with Gasteiger partial charge in [-0.25, -0.2) is 13.8 Å². The molecule has 0 bridgehead atoms. The van der Waals surface area contributed by atoms with Crippen molar-refractivity contribution in [1.29, 1.82) is 0 Å². The second-order valence-corrected chi connectivity index (χ2v) is 6.47. The van der Waals surface area contributed by atoms with Crippen LogP contribution in [0, 0.1) is 11.6 Å². The van der Waals surface area contributed by atoms with Gasteiger partial charge in [-0.3, -0.25) is 9.20 Å². The maximum atomic E-state index is 13.8. The van der Waals surface area contributed by atoms with Crippen LogP contribution in [-0.2, 0) is 6.54 Å². The maximum absolute atomic E-state index is 13.8. The number of hydrogen-bond acceptors (Lipinski definition) is 2.